The van der Waals surface area contributed by atoms with Gasteiger partial charge in [0.05, 0.1) is 11.4 Å². The molecule has 0 aromatic heterocycles. The van der Waals surface area contributed by atoms with Crippen LogP contribution in [0.4, 0.5) is 4.79 Å². The molecule has 0 radical (unpaired) electrons. The Balaban J connectivity index is 2.51. The molecular formula is C3H4N2OS. The second kappa shape index (κ2) is 1.97. The Morgan fingerprint density at radius 3 is 3.14 bits per heavy atom. The van der Waals surface area contributed by atoms with E-state index in [4.69, 9.17) is 0 Å². The molecule has 7 heavy (non-hydrogen) atoms. The number of hydrogen-bond acceptors (Lipinski definition) is 2. The zero-order valence-corrected chi connectivity index (χ0v) is 4.36. The molecule has 0 aromatic carbocycles. The fraction of sp³-hybridized carbons (Fsp3) is 0.333. The third-order valence-corrected chi connectivity index (χ3v) is 1.12. The predicted octanol–water partition coefficient (Wildman–Crippen LogP) is 0.429. The number of rotatable bonds is 0. The van der Waals surface area contributed by atoms with Crippen molar-refractivity contribution in [2.24, 2.45) is 4.99 Å². The van der Waals surface area contributed by atoms with E-state index in [1.165, 1.54) is 11.8 Å². The summed E-state index contributed by atoms with van der Waals surface area (Å²) >= 11 is 1.48. The highest BCUT2D eigenvalue weighted by Crippen LogP contribution is 1.95. The van der Waals surface area contributed by atoms with Gasteiger partial charge in [0.15, 0.2) is 0 Å². The molecule has 1 N–H and O–H groups in total. The number of nitrogens with one attached hydrogen (secondary N) is 1. The molecule has 1 aliphatic heterocycles. The van der Waals surface area contributed by atoms with Crippen LogP contribution in [0, 0.1) is 0 Å². The molecule has 2 amide bonds. The lowest BCUT2D eigenvalue weighted by atomic mass is 11.0. The summed E-state index contributed by atoms with van der Waals surface area (Å²) in [5.74, 6) is 0.655. The van der Waals surface area contributed by atoms with E-state index in [2.05, 4.69) is 10.3 Å². The van der Waals surface area contributed by atoms with E-state index >= 15 is 0 Å². The van der Waals surface area contributed by atoms with E-state index in [1.54, 1.807) is 5.55 Å². The van der Waals surface area contributed by atoms with Gasteiger partial charge >= 0.3 is 6.03 Å². The lowest BCUT2D eigenvalue weighted by Gasteiger charge is -2.00. The van der Waals surface area contributed by atoms with E-state index in [9.17, 15) is 4.79 Å². The Hall–Kier alpha value is -0.510. The molecule has 0 fully saturated rings. The Morgan fingerprint density at radius 2 is 2.86 bits per heavy atom. The number of carbonyl (C=O) groups excluding carboxylic acids is 1. The van der Waals surface area contributed by atoms with Crippen molar-refractivity contribution in [1.82, 2.24) is 5.32 Å². The summed E-state index contributed by atoms with van der Waals surface area (Å²) in [5.41, 5.74) is 1.54. The molecule has 0 unspecified atom stereocenters. The van der Waals surface area contributed by atoms with Crippen molar-refractivity contribution in [3.8, 4) is 0 Å². The first-order valence-electron chi connectivity index (χ1n) is 1.81. The largest absolute Gasteiger partial charge is 0.342 e. The Morgan fingerprint density at radius 1 is 2.00 bits per heavy atom. The van der Waals surface area contributed by atoms with Crippen LogP contribution in [-0.4, -0.2) is 17.5 Å². The van der Waals surface area contributed by atoms with Crippen LogP contribution in [0.1, 0.15) is 0 Å². The number of carbonyl (C=O) groups is 1. The molecule has 4 heteroatoms. The molecule has 1 aliphatic rings. The average molecular weight is 116 g/mol. The first-order chi connectivity index (χ1) is 3.39. The van der Waals surface area contributed by atoms with Gasteiger partial charge in [0.2, 0.25) is 0 Å². The predicted molar refractivity (Wildman–Crippen MR) is 29.5 cm³/mol. The number of nitrogens with zero attached hydrogens (tertiary/aromatic N) is 1. The first-order valence-corrected chi connectivity index (χ1v) is 2.86. The molecule has 0 aliphatic carbocycles. The second-order valence-electron chi connectivity index (χ2n) is 1.03. The van der Waals surface area contributed by atoms with Crippen molar-refractivity contribution in [3.63, 3.8) is 0 Å². The van der Waals surface area contributed by atoms with Crippen molar-refractivity contribution in [3.05, 3.63) is 0 Å². The van der Waals surface area contributed by atoms with Crippen LogP contribution in [0.25, 0.3) is 0 Å². The summed E-state index contributed by atoms with van der Waals surface area (Å²) in [6.45, 7) is 0. The molecule has 38 valence electrons. The zero-order chi connectivity index (χ0) is 5.11. The lowest BCUT2D eigenvalue weighted by molar-refractivity contribution is 0.250. The number of thioether (sulfide) groups is 1. The Bertz CT molecular complexity index is 112. The quantitative estimate of drug-likeness (QED) is 0.498. The molecule has 0 saturated carbocycles. The molecule has 1 rings (SSSR count). The summed E-state index contributed by atoms with van der Waals surface area (Å²) in [6, 6.07) is -0.237. The molecule has 0 spiro atoms. The maximum absolute atomic E-state index is 10.1. The van der Waals surface area contributed by atoms with Crippen LogP contribution < -0.4 is 5.32 Å². The van der Waals surface area contributed by atoms with E-state index in [0.29, 0.717) is 5.88 Å². The van der Waals surface area contributed by atoms with Crippen molar-refractivity contribution in [1.29, 1.82) is 0 Å². The van der Waals surface area contributed by atoms with Crippen molar-refractivity contribution >= 4 is 23.3 Å². The highest BCUT2D eigenvalue weighted by atomic mass is 32.2. The topological polar surface area (TPSA) is 41.5 Å². The van der Waals surface area contributed by atoms with Crippen LogP contribution in [0.2, 0.25) is 0 Å². The minimum atomic E-state index is -0.237. The van der Waals surface area contributed by atoms with Crippen LogP contribution in [0.15, 0.2) is 4.99 Å². The van der Waals surface area contributed by atoms with Gasteiger partial charge in [-0.05, 0) is 0 Å². The average Bonchev–Trinajstić information content (AvgIpc) is 1.69. The van der Waals surface area contributed by atoms with E-state index in [0.717, 1.165) is 0 Å². The van der Waals surface area contributed by atoms with Gasteiger partial charge in [-0.25, -0.2) is 4.79 Å². The van der Waals surface area contributed by atoms with Gasteiger partial charge in [0.25, 0.3) is 0 Å². The van der Waals surface area contributed by atoms with Gasteiger partial charge in [-0.15, -0.1) is 0 Å². The van der Waals surface area contributed by atoms with Crippen LogP contribution in [-0.2, 0) is 0 Å². The minimum absolute atomic E-state index is 0.237. The number of aliphatic imine (C=N–C) groups is 1. The van der Waals surface area contributed by atoms with Crippen LogP contribution in [0.5, 0.6) is 0 Å². The van der Waals surface area contributed by atoms with Crippen molar-refractivity contribution < 1.29 is 4.79 Å². The Labute approximate surface area is 45.2 Å². The maximum Gasteiger partial charge on any atom is 0.342 e. The monoisotopic (exact) mass is 116 g/mol. The summed E-state index contributed by atoms with van der Waals surface area (Å²) in [6.07, 6.45) is 0. The van der Waals surface area contributed by atoms with Crippen molar-refractivity contribution in [2.45, 2.75) is 0 Å². The normalized spacial score (nSPS) is 19.1. The number of urea groups is 1. The van der Waals surface area contributed by atoms with Gasteiger partial charge < -0.3 is 5.32 Å². The fourth-order valence-electron chi connectivity index (χ4n) is 0.271. The van der Waals surface area contributed by atoms with E-state index < -0.39 is 0 Å². The van der Waals surface area contributed by atoms with Gasteiger partial charge in [-0.3, -0.25) is 0 Å². The lowest BCUT2D eigenvalue weighted by Crippen LogP contribution is -2.21. The first kappa shape index (κ1) is 4.64. The second-order valence-corrected chi connectivity index (χ2v) is 1.86. The molecule has 0 atom stereocenters. The number of amides is 2. The smallest absolute Gasteiger partial charge is 0.327 e. The van der Waals surface area contributed by atoms with Gasteiger partial charge in [0, 0.05) is 0 Å². The van der Waals surface area contributed by atoms with Gasteiger partial charge in [0.1, 0.15) is 0 Å². The zero-order valence-electron chi connectivity index (χ0n) is 3.55. The molecule has 1 heterocycles. The van der Waals surface area contributed by atoms with Crippen LogP contribution in [0.3, 0.4) is 0 Å². The summed E-state index contributed by atoms with van der Waals surface area (Å²) in [7, 11) is 0. The highest BCUT2D eigenvalue weighted by molar-refractivity contribution is 8.12. The molecule has 0 saturated heterocycles. The molecule has 0 bridgehead atoms. The van der Waals surface area contributed by atoms with Gasteiger partial charge in [-0.1, -0.05) is 11.8 Å². The molecular weight excluding hydrogens is 112 g/mol. The summed E-state index contributed by atoms with van der Waals surface area (Å²) in [5, 5.41) is 2.51. The van der Waals surface area contributed by atoms with E-state index in [-0.39, 0.29) is 6.03 Å². The highest BCUT2D eigenvalue weighted by Gasteiger charge is 1.97. The summed E-state index contributed by atoms with van der Waals surface area (Å²) in [4.78, 5) is 13.6. The van der Waals surface area contributed by atoms with Crippen LogP contribution >= 0.6 is 11.8 Å². The van der Waals surface area contributed by atoms with Gasteiger partial charge in [-0.2, -0.15) is 4.99 Å². The number of hydrogen-bond donors (Lipinski definition) is 1. The molecule has 3 nitrogen and oxygen atoms in total. The molecule has 0 aromatic rings. The minimum Gasteiger partial charge on any atom is -0.327 e. The third kappa shape index (κ3) is 1.19. The van der Waals surface area contributed by atoms with Crippen molar-refractivity contribution in [2.75, 3.05) is 5.88 Å². The summed E-state index contributed by atoms with van der Waals surface area (Å²) < 4.78 is 0. The SMILES string of the molecule is O=C1N=CSCN1. The maximum atomic E-state index is 10.1. The third-order valence-electron chi connectivity index (χ3n) is 0.551. The van der Waals surface area contributed by atoms with E-state index in [1.807, 2.05) is 0 Å². The standard InChI is InChI=1S/C3H4N2OS/c6-3-4-1-7-2-5-3/h1H,2H2,(H,5,6). The fourth-order valence-corrected chi connectivity index (χ4v) is 0.723. The Kier molecular flexibility index (Phi) is 1.31.